The van der Waals surface area contributed by atoms with Gasteiger partial charge in [-0.15, -0.1) is 0 Å². The summed E-state index contributed by atoms with van der Waals surface area (Å²) in [6.07, 6.45) is -0.320. The lowest BCUT2D eigenvalue weighted by molar-refractivity contribution is -0.134. The summed E-state index contributed by atoms with van der Waals surface area (Å²) in [6.45, 7) is 0. The predicted octanol–water partition coefficient (Wildman–Crippen LogP) is 2.24. The molecule has 0 aliphatic rings. The number of para-hydroxylation sites is 1. The Hall–Kier alpha value is -0.660. The molecule has 0 bridgehead atoms. The Morgan fingerprint density at radius 2 is 2.00 bits per heavy atom. The minimum Gasteiger partial charge on any atom is -0.355 e. The van der Waals surface area contributed by atoms with Gasteiger partial charge in [0, 0.05) is 17.8 Å². The highest BCUT2D eigenvalue weighted by atomic mass is 127. The SMILES string of the molecule is COC(CC(=O)Nc1ccccc1I)OC. The molecule has 1 aromatic rings. The average molecular weight is 335 g/mol. The molecule has 1 aromatic carbocycles. The van der Waals surface area contributed by atoms with Crippen molar-refractivity contribution in [3.8, 4) is 0 Å². The van der Waals surface area contributed by atoms with Crippen LogP contribution in [0.15, 0.2) is 24.3 Å². The summed E-state index contributed by atoms with van der Waals surface area (Å²) in [4.78, 5) is 11.6. The summed E-state index contributed by atoms with van der Waals surface area (Å²) in [7, 11) is 3.02. The van der Waals surface area contributed by atoms with E-state index in [-0.39, 0.29) is 12.3 Å². The molecule has 0 saturated carbocycles. The zero-order valence-electron chi connectivity index (χ0n) is 9.20. The first-order valence-electron chi connectivity index (χ1n) is 4.77. The van der Waals surface area contributed by atoms with Gasteiger partial charge < -0.3 is 14.8 Å². The number of anilines is 1. The van der Waals surface area contributed by atoms with Crippen molar-refractivity contribution in [3.63, 3.8) is 0 Å². The van der Waals surface area contributed by atoms with Gasteiger partial charge >= 0.3 is 0 Å². The summed E-state index contributed by atoms with van der Waals surface area (Å²) in [5.41, 5.74) is 0.805. The van der Waals surface area contributed by atoms with Crippen molar-refractivity contribution in [2.75, 3.05) is 19.5 Å². The van der Waals surface area contributed by atoms with Crippen LogP contribution in [0.25, 0.3) is 0 Å². The third-order valence-electron chi connectivity index (χ3n) is 2.03. The smallest absolute Gasteiger partial charge is 0.229 e. The number of halogens is 1. The first-order valence-corrected chi connectivity index (χ1v) is 5.85. The van der Waals surface area contributed by atoms with Gasteiger partial charge in [0.25, 0.3) is 0 Å². The van der Waals surface area contributed by atoms with E-state index in [0.29, 0.717) is 0 Å². The van der Waals surface area contributed by atoms with Crippen molar-refractivity contribution in [1.82, 2.24) is 0 Å². The van der Waals surface area contributed by atoms with E-state index in [4.69, 9.17) is 9.47 Å². The van der Waals surface area contributed by atoms with Gasteiger partial charge in [0.1, 0.15) is 0 Å². The standard InChI is InChI=1S/C11H14INO3/c1-15-11(16-2)7-10(14)13-9-6-4-3-5-8(9)12/h3-6,11H,7H2,1-2H3,(H,13,14). The number of nitrogens with one attached hydrogen (secondary N) is 1. The highest BCUT2D eigenvalue weighted by molar-refractivity contribution is 14.1. The van der Waals surface area contributed by atoms with Gasteiger partial charge in [-0.2, -0.15) is 0 Å². The van der Waals surface area contributed by atoms with E-state index < -0.39 is 6.29 Å². The molecule has 0 radical (unpaired) electrons. The van der Waals surface area contributed by atoms with Crippen LogP contribution < -0.4 is 5.32 Å². The molecule has 0 aliphatic heterocycles. The van der Waals surface area contributed by atoms with Crippen LogP contribution in [-0.2, 0) is 14.3 Å². The van der Waals surface area contributed by atoms with Gasteiger partial charge in [-0.05, 0) is 34.7 Å². The molecule has 5 heteroatoms. The average Bonchev–Trinajstić information content (AvgIpc) is 2.29. The molecule has 16 heavy (non-hydrogen) atoms. The number of benzene rings is 1. The van der Waals surface area contributed by atoms with Crippen molar-refractivity contribution >= 4 is 34.2 Å². The van der Waals surface area contributed by atoms with Crippen molar-refractivity contribution < 1.29 is 14.3 Å². The molecule has 88 valence electrons. The number of carbonyl (C=O) groups is 1. The molecule has 0 heterocycles. The number of ether oxygens (including phenoxy) is 2. The van der Waals surface area contributed by atoms with Gasteiger partial charge in [-0.1, -0.05) is 12.1 Å². The normalized spacial score (nSPS) is 10.5. The van der Waals surface area contributed by atoms with Gasteiger partial charge in [0.2, 0.25) is 5.91 Å². The van der Waals surface area contributed by atoms with Crippen LogP contribution in [0, 0.1) is 3.57 Å². The summed E-state index contributed by atoms with van der Waals surface area (Å²) in [6, 6.07) is 7.58. The van der Waals surface area contributed by atoms with Crippen LogP contribution >= 0.6 is 22.6 Å². The second-order valence-electron chi connectivity index (χ2n) is 3.13. The van der Waals surface area contributed by atoms with Crippen LogP contribution in [0.2, 0.25) is 0 Å². The van der Waals surface area contributed by atoms with Crippen LogP contribution in [0.3, 0.4) is 0 Å². The maximum absolute atomic E-state index is 11.6. The maximum Gasteiger partial charge on any atom is 0.229 e. The molecule has 1 N–H and O–H groups in total. The second kappa shape index (κ2) is 6.82. The lowest BCUT2D eigenvalue weighted by atomic mass is 10.3. The molecular formula is C11H14INO3. The summed E-state index contributed by atoms with van der Waals surface area (Å²) >= 11 is 2.17. The Labute approximate surface area is 108 Å². The summed E-state index contributed by atoms with van der Waals surface area (Å²) in [5.74, 6) is -0.127. The number of hydrogen-bond donors (Lipinski definition) is 1. The Morgan fingerprint density at radius 1 is 1.38 bits per heavy atom. The minimum absolute atomic E-state index is 0.127. The molecular weight excluding hydrogens is 321 g/mol. The van der Waals surface area contributed by atoms with E-state index in [2.05, 4.69) is 27.9 Å². The predicted molar refractivity (Wildman–Crippen MR) is 70.2 cm³/mol. The van der Waals surface area contributed by atoms with Crippen molar-refractivity contribution in [2.45, 2.75) is 12.7 Å². The number of carbonyl (C=O) groups excluding carboxylic acids is 1. The minimum atomic E-state index is -0.499. The van der Waals surface area contributed by atoms with Crippen LogP contribution in [0.4, 0.5) is 5.69 Å². The van der Waals surface area contributed by atoms with Gasteiger partial charge in [-0.3, -0.25) is 4.79 Å². The largest absolute Gasteiger partial charge is 0.355 e. The maximum atomic E-state index is 11.6. The molecule has 0 aliphatic carbocycles. The Morgan fingerprint density at radius 3 is 2.56 bits per heavy atom. The third-order valence-corrected chi connectivity index (χ3v) is 2.97. The Balaban J connectivity index is 2.55. The summed E-state index contributed by atoms with van der Waals surface area (Å²) in [5, 5.41) is 2.80. The molecule has 1 rings (SSSR count). The number of amides is 1. The van der Waals surface area contributed by atoms with Gasteiger partial charge in [-0.25, -0.2) is 0 Å². The fourth-order valence-corrected chi connectivity index (χ4v) is 1.70. The van der Waals surface area contributed by atoms with Crippen LogP contribution in [0.1, 0.15) is 6.42 Å². The highest BCUT2D eigenvalue weighted by Gasteiger charge is 2.12. The molecule has 0 aromatic heterocycles. The van der Waals surface area contributed by atoms with Crippen molar-refractivity contribution in [1.29, 1.82) is 0 Å². The monoisotopic (exact) mass is 335 g/mol. The summed E-state index contributed by atoms with van der Waals surface area (Å²) < 4.78 is 10.9. The van der Waals surface area contributed by atoms with E-state index in [1.54, 1.807) is 0 Å². The first-order chi connectivity index (χ1) is 7.67. The van der Waals surface area contributed by atoms with Crippen LogP contribution in [0.5, 0.6) is 0 Å². The quantitative estimate of drug-likeness (QED) is 0.663. The Kier molecular flexibility index (Phi) is 5.72. The van der Waals surface area contributed by atoms with E-state index >= 15 is 0 Å². The zero-order chi connectivity index (χ0) is 12.0. The zero-order valence-corrected chi connectivity index (χ0v) is 11.4. The molecule has 1 amide bonds. The second-order valence-corrected chi connectivity index (χ2v) is 4.30. The molecule has 0 spiro atoms. The number of rotatable bonds is 5. The van der Waals surface area contributed by atoms with Crippen LogP contribution in [-0.4, -0.2) is 26.4 Å². The number of hydrogen-bond acceptors (Lipinski definition) is 3. The molecule has 0 fully saturated rings. The van der Waals surface area contributed by atoms with Gasteiger partial charge in [0.05, 0.1) is 12.1 Å². The van der Waals surface area contributed by atoms with E-state index in [9.17, 15) is 4.79 Å². The first kappa shape index (κ1) is 13.4. The number of methoxy groups -OCH3 is 2. The third kappa shape index (κ3) is 4.07. The van der Waals surface area contributed by atoms with Gasteiger partial charge in [0.15, 0.2) is 6.29 Å². The van der Waals surface area contributed by atoms with E-state index in [1.807, 2.05) is 24.3 Å². The highest BCUT2D eigenvalue weighted by Crippen LogP contribution is 2.17. The molecule has 4 nitrogen and oxygen atoms in total. The van der Waals surface area contributed by atoms with E-state index in [1.165, 1.54) is 14.2 Å². The lowest BCUT2D eigenvalue weighted by Gasteiger charge is -2.13. The molecule has 0 saturated heterocycles. The Bertz CT molecular complexity index is 353. The van der Waals surface area contributed by atoms with E-state index in [0.717, 1.165) is 9.26 Å². The fourth-order valence-electron chi connectivity index (χ4n) is 1.18. The fraction of sp³-hybridized carbons (Fsp3) is 0.364. The lowest BCUT2D eigenvalue weighted by Crippen LogP contribution is -2.23. The van der Waals surface area contributed by atoms with Crippen molar-refractivity contribution in [2.24, 2.45) is 0 Å². The molecule has 0 unspecified atom stereocenters. The van der Waals surface area contributed by atoms with Crippen molar-refractivity contribution in [3.05, 3.63) is 27.8 Å². The molecule has 0 atom stereocenters. The topological polar surface area (TPSA) is 47.6 Å².